The van der Waals surface area contributed by atoms with E-state index >= 15 is 0 Å². The summed E-state index contributed by atoms with van der Waals surface area (Å²) < 4.78 is 5.53. The Bertz CT molecular complexity index is 817. The van der Waals surface area contributed by atoms with Gasteiger partial charge >= 0.3 is 6.03 Å². The number of urea groups is 1. The first-order valence-electron chi connectivity index (χ1n) is 9.30. The fraction of sp³-hybridized carbons (Fsp3) is 0.429. The van der Waals surface area contributed by atoms with E-state index < -0.39 is 0 Å². The molecule has 6 nitrogen and oxygen atoms in total. The van der Waals surface area contributed by atoms with Gasteiger partial charge in [0.1, 0.15) is 17.3 Å². The molecular weight excluding hydrogens is 344 g/mol. The molecule has 0 spiro atoms. The fourth-order valence-electron chi connectivity index (χ4n) is 3.64. The van der Waals surface area contributed by atoms with Crippen molar-refractivity contribution in [2.75, 3.05) is 13.1 Å². The number of phenolic OH excluding ortho intramolecular Hbond substituents is 1. The summed E-state index contributed by atoms with van der Waals surface area (Å²) in [5, 5.41) is 12.4. The molecule has 1 aromatic heterocycles. The van der Waals surface area contributed by atoms with E-state index in [2.05, 4.69) is 5.32 Å². The van der Waals surface area contributed by atoms with Gasteiger partial charge in [0.05, 0.1) is 6.04 Å². The van der Waals surface area contributed by atoms with Gasteiger partial charge in [-0.3, -0.25) is 4.79 Å². The molecule has 1 saturated heterocycles. The summed E-state index contributed by atoms with van der Waals surface area (Å²) in [5.41, 5.74) is 1.59. The summed E-state index contributed by atoms with van der Waals surface area (Å²) >= 11 is 0. The summed E-state index contributed by atoms with van der Waals surface area (Å²) in [4.78, 5) is 26.9. The van der Waals surface area contributed by atoms with E-state index in [0.717, 1.165) is 17.1 Å². The minimum absolute atomic E-state index is 0.0768. The van der Waals surface area contributed by atoms with Crippen LogP contribution in [0.15, 0.2) is 34.7 Å². The number of benzene rings is 1. The number of nitrogens with zero attached hydrogens (tertiary/aromatic N) is 1. The number of amides is 2. The van der Waals surface area contributed by atoms with Gasteiger partial charge in [0.25, 0.3) is 0 Å². The molecule has 0 aliphatic carbocycles. The molecule has 1 aromatic carbocycles. The molecule has 1 aliphatic rings. The third kappa shape index (κ3) is 4.32. The maximum Gasteiger partial charge on any atom is 0.317 e. The summed E-state index contributed by atoms with van der Waals surface area (Å²) in [6.45, 7) is 6.83. The van der Waals surface area contributed by atoms with Crippen molar-refractivity contribution < 1.29 is 19.1 Å². The number of ketones is 1. The number of carbonyl (C=O) groups excluding carboxylic acids is 2. The molecule has 2 aromatic rings. The number of hydrogen-bond donors (Lipinski definition) is 2. The predicted octanol–water partition coefficient (Wildman–Crippen LogP) is 3.97. The Labute approximate surface area is 159 Å². The molecule has 1 fully saturated rings. The van der Waals surface area contributed by atoms with Crippen LogP contribution < -0.4 is 5.32 Å². The highest BCUT2D eigenvalue weighted by Crippen LogP contribution is 2.24. The van der Waals surface area contributed by atoms with Gasteiger partial charge in [-0.2, -0.15) is 0 Å². The number of likely N-dealkylation sites (tertiary alicyclic amines) is 1. The zero-order chi connectivity index (χ0) is 19.6. The van der Waals surface area contributed by atoms with Crippen LogP contribution in [0.3, 0.4) is 0 Å². The normalized spacial score (nSPS) is 16.2. The number of hydrogen-bond acceptors (Lipinski definition) is 4. The Morgan fingerprint density at radius 2 is 1.81 bits per heavy atom. The number of phenols is 1. The first-order valence-corrected chi connectivity index (χ1v) is 9.30. The molecule has 0 radical (unpaired) electrons. The van der Waals surface area contributed by atoms with E-state index in [1.807, 2.05) is 26.8 Å². The van der Waals surface area contributed by atoms with Crippen LogP contribution in [0, 0.1) is 19.8 Å². The van der Waals surface area contributed by atoms with Gasteiger partial charge in [-0.05, 0) is 63.9 Å². The van der Waals surface area contributed by atoms with Crippen LogP contribution in [0.2, 0.25) is 0 Å². The van der Waals surface area contributed by atoms with E-state index in [1.165, 1.54) is 12.1 Å². The standard InChI is InChI=1S/C21H26N2O4/c1-13-12-19(15(3)27-13)14(2)22-21(26)23-10-8-17(9-11-23)20(25)16-4-6-18(24)7-5-16/h4-7,12,14,17,24H,8-11H2,1-3H3,(H,22,26)/t14-/m1/s1. The number of rotatable bonds is 4. The SMILES string of the molecule is Cc1cc([C@@H](C)NC(=O)N2CCC(C(=O)c3ccc(O)cc3)CC2)c(C)o1. The van der Waals surface area contributed by atoms with Gasteiger partial charge in [-0.1, -0.05) is 0 Å². The number of piperidine rings is 1. The number of Topliss-reactive ketones (excluding diaryl/α,β-unsaturated/α-hetero) is 1. The highest BCUT2D eigenvalue weighted by molar-refractivity contribution is 5.98. The van der Waals surface area contributed by atoms with Crippen LogP contribution in [0.1, 0.15) is 53.2 Å². The van der Waals surface area contributed by atoms with E-state index in [9.17, 15) is 14.7 Å². The fourth-order valence-corrected chi connectivity index (χ4v) is 3.64. The van der Waals surface area contributed by atoms with Gasteiger partial charge in [0.2, 0.25) is 0 Å². The second-order valence-corrected chi connectivity index (χ2v) is 7.21. The first kappa shape index (κ1) is 19.0. The highest BCUT2D eigenvalue weighted by atomic mass is 16.3. The molecule has 3 rings (SSSR count). The van der Waals surface area contributed by atoms with Crippen LogP contribution in [-0.4, -0.2) is 34.9 Å². The lowest BCUT2D eigenvalue weighted by Gasteiger charge is -2.32. The quantitative estimate of drug-likeness (QED) is 0.798. The minimum Gasteiger partial charge on any atom is -0.508 e. The topological polar surface area (TPSA) is 82.8 Å². The van der Waals surface area contributed by atoms with Crippen molar-refractivity contribution in [3.8, 4) is 5.75 Å². The molecule has 2 amide bonds. The smallest absolute Gasteiger partial charge is 0.317 e. The molecule has 27 heavy (non-hydrogen) atoms. The van der Waals surface area contributed by atoms with E-state index in [1.54, 1.807) is 17.0 Å². The summed E-state index contributed by atoms with van der Waals surface area (Å²) in [6, 6.07) is 8.04. The lowest BCUT2D eigenvalue weighted by atomic mass is 9.89. The number of carbonyl (C=O) groups is 2. The Hall–Kier alpha value is -2.76. The van der Waals surface area contributed by atoms with Crippen LogP contribution in [-0.2, 0) is 0 Å². The molecule has 2 N–H and O–H groups in total. The summed E-state index contributed by atoms with van der Waals surface area (Å²) in [6.07, 6.45) is 1.29. The van der Waals surface area contributed by atoms with Crippen LogP contribution in [0.5, 0.6) is 5.75 Å². The van der Waals surface area contributed by atoms with Crippen LogP contribution >= 0.6 is 0 Å². The van der Waals surface area contributed by atoms with Gasteiger partial charge in [-0.15, -0.1) is 0 Å². The van der Waals surface area contributed by atoms with Crippen molar-refractivity contribution in [1.82, 2.24) is 10.2 Å². The van der Waals surface area contributed by atoms with Crippen molar-refractivity contribution in [3.63, 3.8) is 0 Å². The van der Waals surface area contributed by atoms with Gasteiger partial charge < -0.3 is 19.7 Å². The van der Waals surface area contributed by atoms with Crippen molar-refractivity contribution in [2.24, 2.45) is 5.92 Å². The van der Waals surface area contributed by atoms with E-state index in [0.29, 0.717) is 31.5 Å². The first-order chi connectivity index (χ1) is 12.8. The van der Waals surface area contributed by atoms with Gasteiger partial charge in [0.15, 0.2) is 5.78 Å². The maximum absolute atomic E-state index is 12.6. The summed E-state index contributed by atoms with van der Waals surface area (Å²) in [7, 11) is 0. The largest absolute Gasteiger partial charge is 0.508 e. The average molecular weight is 370 g/mol. The molecule has 0 unspecified atom stereocenters. The monoisotopic (exact) mass is 370 g/mol. The highest BCUT2D eigenvalue weighted by Gasteiger charge is 2.28. The Kier molecular flexibility index (Phi) is 5.54. The average Bonchev–Trinajstić information content (AvgIpc) is 3.00. The van der Waals surface area contributed by atoms with Gasteiger partial charge in [-0.25, -0.2) is 4.79 Å². The molecule has 6 heteroatoms. The zero-order valence-electron chi connectivity index (χ0n) is 16.0. The lowest BCUT2D eigenvalue weighted by molar-refractivity contribution is 0.0853. The predicted molar refractivity (Wildman–Crippen MR) is 102 cm³/mol. The van der Waals surface area contributed by atoms with E-state index in [4.69, 9.17) is 4.42 Å². The van der Waals surface area contributed by atoms with Gasteiger partial charge in [0, 0.05) is 30.1 Å². The third-order valence-electron chi connectivity index (χ3n) is 5.19. The van der Waals surface area contributed by atoms with Crippen molar-refractivity contribution in [3.05, 3.63) is 53.0 Å². The number of furan rings is 1. The molecule has 1 aliphatic heterocycles. The number of aryl methyl sites for hydroxylation is 2. The van der Waals surface area contributed by atoms with Crippen LogP contribution in [0.4, 0.5) is 4.79 Å². The third-order valence-corrected chi connectivity index (χ3v) is 5.19. The second-order valence-electron chi connectivity index (χ2n) is 7.21. The van der Waals surface area contributed by atoms with E-state index in [-0.39, 0.29) is 29.5 Å². The molecular formula is C21H26N2O4. The molecule has 0 saturated carbocycles. The molecule has 1 atom stereocenters. The maximum atomic E-state index is 12.6. The molecule has 144 valence electrons. The second kappa shape index (κ2) is 7.86. The summed E-state index contributed by atoms with van der Waals surface area (Å²) in [5.74, 6) is 1.79. The number of nitrogens with one attached hydrogen (secondary N) is 1. The Morgan fingerprint density at radius 3 is 2.37 bits per heavy atom. The van der Waals surface area contributed by atoms with Crippen molar-refractivity contribution in [1.29, 1.82) is 0 Å². The molecule has 0 bridgehead atoms. The Balaban J connectivity index is 1.54. The van der Waals surface area contributed by atoms with Crippen molar-refractivity contribution >= 4 is 11.8 Å². The zero-order valence-corrected chi connectivity index (χ0v) is 16.0. The van der Waals surface area contributed by atoms with Crippen molar-refractivity contribution in [2.45, 2.75) is 39.7 Å². The van der Waals surface area contributed by atoms with Crippen LogP contribution in [0.25, 0.3) is 0 Å². The molecule has 2 heterocycles. The number of aromatic hydroxyl groups is 1. The Morgan fingerprint density at radius 1 is 1.19 bits per heavy atom. The minimum atomic E-state index is -0.133. The lowest BCUT2D eigenvalue weighted by Crippen LogP contribution is -2.46.